The van der Waals surface area contributed by atoms with Gasteiger partial charge in [-0.25, -0.2) is 0 Å². The van der Waals surface area contributed by atoms with Gasteiger partial charge in [-0.1, -0.05) is 32.9 Å². The van der Waals surface area contributed by atoms with Crippen molar-refractivity contribution in [2.75, 3.05) is 13.7 Å². The van der Waals surface area contributed by atoms with Crippen LogP contribution in [0.5, 0.6) is 11.5 Å². The van der Waals surface area contributed by atoms with Gasteiger partial charge in [-0.05, 0) is 49.8 Å². The van der Waals surface area contributed by atoms with Crippen molar-refractivity contribution in [3.8, 4) is 11.5 Å². The standard InChI is InChI=1S/C18H29NO2/c1-5-13-19-17-16(11-8-12-18(17,2)3)21-15-10-7-6-9-14(15)20-4/h6-7,9-10,16-17,19H,5,8,11-13H2,1-4H3. The molecule has 1 fully saturated rings. The topological polar surface area (TPSA) is 30.5 Å². The highest BCUT2D eigenvalue weighted by Gasteiger charge is 2.40. The molecule has 3 nitrogen and oxygen atoms in total. The molecule has 1 saturated carbocycles. The number of rotatable bonds is 6. The van der Waals surface area contributed by atoms with Crippen molar-refractivity contribution < 1.29 is 9.47 Å². The quantitative estimate of drug-likeness (QED) is 0.858. The van der Waals surface area contributed by atoms with Gasteiger partial charge in [0.1, 0.15) is 6.10 Å². The lowest BCUT2D eigenvalue weighted by Gasteiger charge is -2.44. The second-order valence-corrected chi connectivity index (χ2v) is 6.62. The van der Waals surface area contributed by atoms with Gasteiger partial charge in [-0.2, -0.15) is 0 Å². The Morgan fingerprint density at radius 2 is 1.95 bits per heavy atom. The maximum atomic E-state index is 6.34. The Morgan fingerprint density at radius 1 is 1.24 bits per heavy atom. The van der Waals surface area contributed by atoms with E-state index in [9.17, 15) is 0 Å². The van der Waals surface area contributed by atoms with E-state index in [0.717, 1.165) is 30.9 Å². The first-order valence-corrected chi connectivity index (χ1v) is 8.11. The molecule has 0 radical (unpaired) electrons. The Bertz CT molecular complexity index is 445. The van der Waals surface area contributed by atoms with Crippen LogP contribution < -0.4 is 14.8 Å². The summed E-state index contributed by atoms with van der Waals surface area (Å²) >= 11 is 0. The zero-order chi connectivity index (χ0) is 15.3. The van der Waals surface area contributed by atoms with Crippen LogP contribution in [0.1, 0.15) is 46.5 Å². The fraction of sp³-hybridized carbons (Fsp3) is 0.667. The molecular formula is C18H29NO2. The number of nitrogens with one attached hydrogen (secondary N) is 1. The van der Waals surface area contributed by atoms with Crippen molar-refractivity contribution in [3.63, 3.8) is 0 Å². The minimum absolute atomic E-state index is 0.205. The van der Waals surface area contributed by atoms with Gasteiger partial charge >= 0.3 is 0 Å². The number of hydrogen-bond donors (Lipinski definition) is 1. The largest absolute Gasteiger partial charge is 0.493 e. The van der Waals surface area contributed by atoms with Crippen molar-refractivity contribution >= 4 is 0 Å². The molecule has 2 rings (SSSR count). The molecule has 0 saturated heterocycles. The summed E-state index contributed by atoms with van der Waals surface area (Å²) in [7, 11) is 1.69. The fourth-order valence-electron chi connectivity index (χ4n) is 3.30. The molecule has 0 aromatic heterocycles. The molecule has 1 aliphatic carbocycles. The van der Waals surface area contributed by atoms with Crippen molar-refractivity contribution in [1.29, 1.82) is 0 Å². The summed E-state index contributed by atoms with van der Waals surface area (Å²) in [6.45, 7) is 7.94. The molecule has 0 amide bonds. The predicted molar refractivity (Wildman–Crippen MR) is 87.1 cm³/mol. The van der Waals surface area contributed by atoms with Crippen LogP contribution in [0.3, 0.4) is 0 Å². The Balaban J connectivity index is 2.15. The molecule has 2 unspecified atom stereocenters. The fourth-order valence-corrected chi connectivity index (χ4v) is 3.30. The van der Waals surface area contributed by atoms with E-state index in [1.54, 1.807) is 7.11 Å². The number of benzene rings is 1. The molecule has 0 heterocycles. The maximum Gasteiger partial charge on any atom is 0.161 e. The first kappa shape index (κ1) is 16.2. The number of hydrogen-bond acceptors (Lipinski definition) is 3. The Morgan fingerprint density at radius 3 is 2.62 bits per heavy atom. The molecule has 1 aliphatic rings. The SMILES string of the molecule is CCCNC1C(Oc2ccccc2OC)CCCC1(C)C. The van der Waals surface area contributed by atoms with E-state index in [4.69, 9.17) is 9.47 Å². The minimum Gasteiger partial charge on any atom is -0.493 e. The third-order valence-corrected chi connectivity index (χ3v) is 4.49. The van der Waals surface area contributed by atoms with Gasteiger partial charge in [0.15, 0.2) is 11.5 Å². The van der Waals surface area contributed by atoms with Gasteiger partial charge in [-0.15, -0.1) is 0 Å². The number of para-hydroxylation sites is 2. The van der Waals surface area contributed by atoms with E-state index in [1.807, 2.05) is 24.3 Å². The van der Waals surface area contributed by atoms with Crippen molar-refractivity contribution in [1.82, 2.24) is 5.32 Å². The highest BCUT2D eigenvalue weighted by molar-refractivity contribution is 5.39. The van der Waals surface area contributed by atoms with Crippen LogP contribution in [0.2, 0.25) is 0 Å². The molecule has 0 aliphatic heterocycles. The maximum absolute atomic E-state index is 6.34. The van der Waals surface area contributed by atoms with Crippen molar-refractivity contribution in [3.05, 3.63) is 24.3 Å². The lowest BCUT2D eigenvalue weighted by Crippen LogP contribution is -2.54. The summed E-state index contributed by atoms with van der Waals surface area (Å²) in [5, 5.41) is 3.70. The van der Waals surface area contributed by atoms with Crippen LogP contribution in [-0.4, -0.2) is 25.8 Å². The van der Waals surface area contributed by atoms with Gasteiger partial charge in [0.25, 0.3) is 0 Å². The van der Waals surface area contributed by atoms with Gasteiger partial charge < -0.3 is 14.8 Å². The molecule has 1 N–H and O–H groups in total. The van der Waals surface area contributed by atoms with E-state index in [2.05, 4.69) is 26.1 Å². The highest BCUT2D eigenvalue weighted by atomic mass is 16.5. The van der Waals surface area contributed by atoms with Gasteiger partial charge in [-0.3, -0.25) is 0 Å². The van der Waals surface area contributed by atoms with Gasteiger partial charge in [0.2, 0.25) is 0 Å². The summed E-state index contributed by atoms with van der Waals surface area (Å²) < 4.78 is 11.7. The third-order valence-electron chi connectivity index (χ3n) is 4.49. The molecular weight excluding hydrogens is 262 g/mol. The molecule has 0 bridgehead atoms. The van der Waals surface area contributed by atoms with Crippen molar-refractivity contribution in [2.45, 2.75) is 58.6 Å². The van der Waals surface area contributed by atoms with Crippen LogP contribution in [0.15, 0.2) is 24.3 Å². The average Bonchev–Trinajstić information content (AvgIpc) is 2.46. The Hall–Kier alpha value is -1.22. The summed E-state index contributed by atoms with van der Waals surface area (Å²) in [6, 6.07) is 8.31. The van der Waals surface area contributed by atoms with E-state index in [1.165, 1.54) is 12.8 Å². The van der Waals surface area contributed by atoms with Crippen LogP contribution in [0.4, 0.5) is 0 Å². The summed E-state index contributed by atoms with van der Waals surface area (Å²) in [4.78, 5) is 0. The van der Waals surface area contributed by atoms with E-state index in [-0.39, 0.29) is 11.5 Å². The van der Waals surface area contributed by atoms with E-state index >= 15 is 0 Å². The number of ether oxygens (including phenoxy) is 2. The van der Waals surface area contributed by atoms with Gasteiger partial charge in [0, 0.05) is 6.04 Å². The molecule has 21 heavy (non-hydrogen) atoms. The molecule has 3 heteroatoms. The van der Waals surface area contributed by atoms with Crippen molar-refractivity contribution in [2.24, 2.45) is 5.41 Å². The minimum atomic E-state index is 0.205. The highest BCUT2D eigenvalue weighted by Crippen LogP contribution is 2.39. The second-order valence-electron chi connectivity index (χ2n) is 6.62. The normalized spacial score (nSPS) is 24.6. The smallest absolute Gasteiger partial charge is 0.161 e. The zero-order valence-corrected chi connectivity index (χ0v) is 13.8. The first-order chi connectivity index (χ1) is 10.1. The summed E-state index contributed by atoms with van der Waals surface area (Å²) in [5.74, 6) is 1.67. The van der Waals surface area contributed by atoms with Crippen LogP contribution in [-0.2, 0) is 0 Å². The van der Waals surface area contributed by atoms with E-state index < -0.39 is 0 Å². The zero-order valence-electron chi connectivity index (χ0n) is 13.8. The lowest BCUT2D eigenvalue weighted by atomic mass is 9.71. The van der Waals surface area contributed by atoms with Gasteiger partial charge in [0.05, 0.1) is 7.11 Å². The van der Waals surface area contributed by atoms with Crippen LogP contribution in [0, 0.1) is 5.41 Å². The first-order valence-electron chi connectivity index (χ1n) is 8.11. The lowest BCUT2D eigenvalue weighted by molar-refractivity contribution is 0.0349. The monoisotopic (exact) mass is 291 g/mol. The van der Waals surface area contributed by atoms with Crippen LogP contribution in [0.25, 0.3) is 0 Å². The number of methoxy groups -OCH3 is 1. The molecule has 118 valence electrons. The molecule has 1 aromatic rings. The Kier molecular flexibility index (Phi) is 5.51. The average molecular weight is 291 g/mol. The Labute approximate surface area is 129 Å². The molecule has 0 spiro atoms. The summed E-state index contributed by atoms with van der Waals surface area (Å²) in [6.07, 6.45) is 4.92. The predicted octanol–water partition coefficient (Wildman–Crippen LogP) is 4.02. The summed E-state index contributed by atoms with van der Waals surface area (Å²) in [5.41, 5.74) is 0.264. The third kappa shape index (κ3) is 3.91. The molecule has 2 atom stereocenters. The molecule has 1 aromatic carbocycles. The second kappa shape index (κ2) is 7.17. The van der Waals surface area contributed by atoms with Crippen LogP contribution >= 0.6 is 0 Å². The van der Waals surface area contributed by atoms with E-state index in [0.29, 0.717) is 6.04 Å².